The predicted octanol–water partition coefficient (Wildman–Crippen LogP) is 2.91. The summed E-state index contributed by atoms with van der Waals surface area (Å²) in [5.41, 5.74) is 0.805. The monoisotopic (exact) mass is 226 g/mol. The molecule has 15 heavy (non-hydrogen) atoms. The van der Waals surface area contributed by atoms with Crippen molar-refractivity contribution in [3.05, 3.63) is 21.9 Å². The van der Waals surface area contributed by atoms with Crippen LogP contribution >= 0.6 is 11.3 Å². The van der Waals surface area contributed by atoms with Gasteiger partial charge < -0.3 is 9.84 Å². The molecule has 1 aromatic rings. The number of carbonyl (C=O) groups is 1. The van der Waals surface area contributed by atoms with E-state index >= 15 is 0 Å². The first kappa shape index (κ1) is 10.6. The molecule has 3 nitrogen and oxygen atoms in total. The first-order valence-electron chi connectivity index (χ1n) is 5.18. The van der Waals surface area contributed by atoms with E-state index in [9.17, 15) is 4.79 Å². The highest BCUT2D eigenvalue weighted by molar-refractivity contribution is 7.12. The third kappa shape index (κ3) is 2.58. The fourth-order valence-corrected chi connectivity index (χ4v) is 2.65. The SMILES string of the molecule is O=C(O)c1sccc1COC1CCCC1. The average molecular weight is 226 g/mol. The van der Waals surface area contributed by atoms with Gasteiger partial charge in [0.25, 0.3) is 0 Å². The maximum atomic E-state index is 10.8. The highest BCUT2D eigenvalue weighted by atomic mass is 32.1. The van der Waals surface area contributed by atoms with Gasteiger partial charge in [-0.15, -0.1) is 11.3 Å². The van der Waals surface area contributed by atoms with Gasteiger partial charge in [-0.1, -0.05) is 12.8 Å². The van der Waals surface area contributed by atoms with Crippen molar-refractivity contribution in [3.8, 4) is 0 Å². The van der Waals surface area contributed by atoms with Crippen LogP contribution < -0.4 is 0 Å². The molecule has 0 atom stereocenters. The first-order valence-corrected chi connectivity index (χ1v) is 6.06. The summed E-state index contributed by atoms with van der Waals surface area (Å²) in [5.74, 6) is -0.852. The third-order valence-corrected chi connectivity index (χ3v) is 3.66. The zero-order valence-electron chi connectivity index (χ0n) is 8.44. The van der Waals surface area contributed by atoms with Crippen LogP contribution in [0, 0.1) is 0 Å². The van der Waals surface area contributed by atoms with E-state index in [0.29, 0.717) is 17.6 Å². The van der Waals surface area contributed by atoms with Gasteiger partial charge in [0.1, 0.15) is 4.88 Å². The minimum atomic E-state index is -0.852. The molecule has 0 aliphatic heterocycles. The van der Waals surface area contributed by atoms with Gasteiger partial charge in [-0.2, -0.15) is 0 Å². The van der Waals surface area contributed by atoms with Crippen LogP contribution in [-0.2, 0) is 11.3 Å². The lowest BCUT2D eigenvalue weighted by Gasteiger charge is -2.10. The molecule has 0 bridgehead atoms. The minimum Gasteiger partial charge on any atom is -0.477 e. The van der Waals surface area contributed by atoms with Crippen LogP contribution in [0.15, 0.2) is 11.4 Å². The van der Waals surface area contributed by atoms with E-state index in [4.69, 9.17) is 9.84 Å². The van der Waals surface area contributed by atoms with Crippen molar-refractivity contribution in [1.29, 1.82) is 0 Å². The standard InChI is InChI=1S/C11H14O3S/c12-11(13)10-8(5-6-15-10)7-14-9-3-1-2-4-9/h5-6,9H,1-4,7H2,(H,12,13). The molecule has 0 unspecified atom stereocenters. The van der Waals surface area contributed by atoms with Crippen molar-refractivity contribution in [2.45, 2.75) is 38.4 Å². The van der Waals surface area contributed by atoms with E-state index in [1.807, 2.05) is 6.07 Å². The smallest absolute Gasteiger partial charge is 0.346 e. The van der Waals surface area contributed by atoms with Crippen LogP contribution in [0.1, 0.15) is 40.9 Å². The minimum absolute atomic E-state index is 0.339. The van der Waals surface area contributed by atoms with Gasteiger partial charge in [0, 0.05) is 5.56 Å². The largest absolute Gasteiger partial charge is 0.477 e. The topological polar surface area (TPSA) is 46.5 Å². The maximum absolute atomic E-state index is 10.8. The molecule has 0 aromatic carbocycles. The van der Waals surface area contributed by atoms with Crippen molar-refractivity contribution in [3.63, 3.8) is 0 Å². The lowest BCUT2D eigenvalue weighted by molar-refractivity contribution is 0.0444. The summed E-state index contributed by atoms with van der Waals surface area (Å²) in [6.45, 7) is 0.440. The predicted molar refractivity (Wildman–Crippen MR) is 58.3 cm³/mol. The fraction of sp³-hybridized carbons (Fsp3) is 0.545. The molecule has 0 radical (unpaired) electrons. The molecule has 0 amide bonds. The van der Waals surface area contributed by atoms with Crippen LogP contribution in [0.25, 0.3) is 0 Å². The number of ether oxygens (including phenoxy) is 1. The van der Waals surface area contributed by atoms with Crippen molar-refractivity contribution >= 4 is 17.3 Å². The number of carboxylic acids is 1. The molecule has 4 heteroatoms. The molecule has 0 saturated heterocycles. The van der Waals surface area contributed by atoms with Crippen LogP contribution in [0.2, 0.25) is 0 Å². The van der Waals surface area contributed by atoms with Gasteiger partial charge in [-0.05, 0) is 24.3 Å². The Hall–Kier alpha value is -0.870. The van der Waals surface area contributed by atoms with Gasteiger partial charge in [0.2, 0.25) is 0 Å². The lowest BCUT2D eigenvalue weighted by atomic mass is 10.2. The maximum Gasteiger partial charge on any atom is 0.346 e. The molecule has 1 fully saturated rings. The Bertz CT molecular complexity index is 339. The van der Waals surface area contributed by atoms with Crippen LogP contribution in [-0.4, -0.2) is 17.2 Å². The molecule has 82 valence electrons. The summed E-state index contributed by atoms with van der Waals surface area (Å²) < 4.78 is 5.68. The number of rotatable bonds is 4. The van der Waals surface area contributed by atoms with Crippen molar-refractivity contribution in [2.75, 3.05) is 0 Å². The quantitative estimate of drug-likeness (QED) is 0.858. The number of hydrogen-bond donors (Lipinski definition) is 1. The molecular formula is C11H14O3S. The average Bonchev–Trinajstić information content (AvgIpc) is 2.86. The number of hydrogen-bond acceptors (Lipinski definition) is 3. The second kappa shape index (κ2) is 4.77. The second-order valence-electron chi connectivity index (χ2n) is 3.80. The Kier molecular flexibility index (Phi) is 3.38. The molecule has 2 rings (SSSR count). The van der Waals surface area contributed by atoms with Crippen molar-refractivity contribution < 1.29 is 14.6 Å². The lowest BCUT2D eigenvalue weighted by Crippen LogP contribution is -2.08. The van der Waals surface area contributed by atoms with Gasteiger partial charge in [-0.25, -0.2) is 4.79 Å². The van der Waals surface area contributed by atoms with E-state index in [2.05, 4.69) is 0 Å². The molecule has 1 aromatic heterocycles. The Labute approximate surface area is 92.7 Å². The molecule has 1 heterocycles. The molecule has 1 saturated carbocycles. The van der Waals surface area contributed by atoms with Gasteiger partial charge in [-0.3, -0.25) is 0 Å². The second-order valence-corrected chi connectivity index (χ2v) is 4.71. The number of thiophene rings is 1. The molecule has 1 aliphatic rings. The van der Waals surface area contributed by atoms with E-state index in [1.165, 1.54) is 24.2 Å². The zero-order valence-corrected chi connectivity index (χ0v) is 9.26. The summed E-state index contributed by atoms with van der Waals surface area (Å²) in [6, 6.07) is 1.84. The summed E-state index contributed by atoms with van der Waals surface area (Å²) in [5, 5.41) is 10.7. The normalized spacial score (nSPS) is 17.1. The molecule has 0 spiro atoms. The highest BCUT2D eigenvalue weighted by Gasteiger charge is 2.17. The number of carboxylic acid groups (broad SMARTS) is 1. The van der Waals surface area contributed by atoms with E-state index in [0.717, 1.165) is 18.4 Å². The van der Waals surface area contributed by atoms with Crippen molar-refractivity contribution in [2.24, 2.45) is 0 Å². The van der Waals surface area contributed by atoms with Gasteiger partial charge in [0.15, 0.2) is 0 Å². The highest BCUT2D eigenvalue weighted by Crippen LogP contribution is 2.24. The van der Waals surface area contributed by atoms with Crippen LogP contribution in [0.3, 0.4) is 0 Å². The van der Waals surface area contributed by atoms with Gasteiger partial charge in [0.05, 0.1) is 12.7 Å². The molecule has 1 N–H and O–H groups in total. The molecule has 1 aliphatic carbocycles. The summed E-state index contributed by atoms with van der Waals surface area (Å²) in [6.07, 6.45) is 5.05. The Morgan fingerprint density at radius 1 is 1.53 bits per heavy atom. The fourth-order valence-electron chi connectivity index (χ4n) is 1.90. The van der Waals surface area contributed by atoms with E-state index in [-0.39, 0.29) is 0 Å². The zero-order chi connectivity index (χ0) is 10.7. The Balaban J connectivity index is 1.92. The van der Waals surface area contributed by atoms with E-state index < -0.39 is 5.97 Å². The number of aromatic carboxylic acids is 1. The first-order chi connectivity index (χ1) is 7.27. The van der Waals surface area contributed by atoms with Crippen molar-refractivity contribution in [1.82, 2.24) is 0 Å². The third-order valence-electron chi connectivity index (χ3n) is 2.72. The molecular weight excluding hydrogens is 212 g/mol. The van der Waals surface area contributed by atoms with E-state index in [1.54, 1.807) is 5.38 Å². The van der Waals surface area contributed by atoms with Gasteiger partial charge >= 0.3 is 5.97 Å². The summed E-state index contributed by atoms with van der Waals surface area (Å²) in [7, 11) is 0. The Morgan fingerprint density at radius 3 is 2.93 bits per heavy atom. The summed E-state index contributed by atoms with van der Waals surface area (Å²) in [4.78, 5) is 11.2. The Morgan fingerprint density at radius 2 is 2.27 bits per heavy atom. The summed E-state index contributed by atoms with van der Waals surface area (Å²) >= 11 is 1.26. The van der Waals surface area contributed by atoms with Crippen LogP contribution in [0.4, 0.5) is 0 Å². The van der Waals surface area contributed by atoms with Crippen LogP contribution in [0.5, 0.6) is 0 Å².